The molecule has 0 aliphatic carbocycles. The highest BCUT2D eigenvalue weighted by Crippen LogP contribution is 2.29. The molecule has 0 aliphatic heterocycles. The van der Waals surface area contributed by atoms with E-state index in [1.807, 2.05) is 0 Å². The molecular weight excluding hydrogens is 340 g/mol. The summed E-state index contributed by atoms with van der Waals surface area (Å²) in [6, 6.07) is 3.16. The lowest BCUT2D eigenvalue weighted by Gasteiger charge is -2.08. The minimum atomic E-state index is -0.412. The van der Waals surface area contributed by atoms with Gasteiger partial charge in [0.15, 0.2) is 5.82 Å². The fourth-order valence-electron chi connectivity index (χ4n) is 1.89. The van der Waals surface area contributed by atoms with E-state index in [0.717, 1.165) is 13.0 Å². The second kappa shape index (κ2) is 6.72. The maximum absolute atomic E-state index is 11.1. The van der Waals surface area contributed by atoms with Gasteiger partial charge >= 0.3 is 0 Å². The summed E-state index contributed by atoms with van der Waals surface area (Å²) < 4.78 is 2.20. The van der Waals surface area contributed by atoms with Gasteiger partial charge in [-0.15, -0.1) is 5.10 Å². The van der Waals surface area contributed by atoms with E-state index in [4.69, 9.17) is 0 Å². The summed E-state index contributed by atoms with van der Waals surface area (Å²) >= 11 is 3.41. The van der Waals surface area contributed by atoms with Crippen molar-refractivity contribution in [3.63, 3.8) is 0 Å². The molecule has 0 bridgehead atoms. The minimum Gasteiger partial charge on any atom is -0.310 e. The van der Waals surface area contributed by atoms with Crippen molar-refractivity contribution in [2.24, 2.45) is 0 Å². The summed E-state index contributed by atoms with van der Waals surface area (Å²) in [5.41, 5.74) is 1.16. The molecule has 0 atom stereocenters. The molecule has 8 nitrogen and oxygen atoms in total. The molecule has 0 fully saturated rings. The Morgan fingerprint density at radius 1 is 1.48 bits per heavy atom. The lowest BCUT2D eigenvalue weighted by molar-refractivity contribution is -0.385. The molecule has 0 saturated carbocycles. The summed E-state index contributed by atoms with van der Waals surface area (Å²) in [7, 11) is 0. The number of halogens is 1. The van der Waals surface area contributed by atoms with Gasteiger partial charge in [0.05, 0.1) is 17.2 Å². The topological polar surface area (TPSA) is 98.8 Å². The smallest absolute Gasteiger partial charge is 0.274 e. The Kier molecular flexibility index (Phi) is 4.97. The van der Waals surface area contributed by atoms with Gasteiger partial charge in [0.25, 0.3) is 5.69 Å². The summed E-state index contributed by atoms with van der Waals surface area (Å²) in [5, 5.41) is 25.8. The number of hydrogen-bond donors (Lipinski definition) is 1. The number of nitro groups is 1. The van der Waals surface area contributed by atoms with E-state index in [1.54, 1.807) is 13.0 Å². The molecule has 1 aromatic carbocycles. The third kappa shape index (κ3) is 3.42. The van der Waals surface area contributed by atoms with Crippen LogP contribution in [-0.4, -0.2) is 31.7 Å². The zero-order chi connectivity index (χ0) is 15.4. The molecule has 9 heteroatoms. The second-order valence-corrected chi connectivity index (χ2v) is 5.39. The number of rotatable bonds is 6. The van der Waals surface area contributed by atoms with Crippen molar-refractivity contribution in [2.45, 2.75) is 26.8 Å². The maximum atomic E-state index is 11.1. The number of benzene rings is 1. The largest absolute Gasteiger partial charge is 0.310 e. The van der Waals surface area contributed by atoms with Crippen molar-refractivity contribution in [1.29, 1.82) is 0 Å². The molecule has 1 heterocycles. The molecule has 0 radical (unpaired) electrons. The van der Waals surface area contributed by atoms with Crippen LogP contribution in [0.1, 0.15) is 24.7 Å². The number of tetrazole rings is 1. The van der Waals surface area contributed by atoms with Crippen LogP contribution in [-0.2, 0) is 6.54 Å². The van der Waals surface area contributed by atoms with Crippen molar-refractivity contribution in [3.05, 3.63) is 38.1 Å². The fourth-order valence-corrected chi connectivity index (χ4v) is 2.52. The third-order valence-corrected chi connectivity index (χ3v) is 3.57. The summed E-state index contributed by atoms with van der Waals surface area (Å²) in [5.74, 6) is 0.599. The zero-order valence-electron chi connectivity index (χ0n) is 11.7. The van der Waals surface area contributed by atoms with Crippen LogP contribution < -0.4 is 5.32 Å². The number of nitro benzene ring substituents is 1. The van der Waals surface area contributed by atoms with E-state index in [0.29, 0.717) is 28.1 Å². The minimum absolute atomic E-state index is 0.0381. The van der Waals surface area contributed by atoms with Crippen molar-refractivity contribution >= 4 is 21.6 Å². The first kappa shape index (κ1) is 15.5. The van der Waals surface area contributed by atoms with E-state index < -0.39 is 4.92 Å². The van der Waals surface area contributed by atoms with E-state index in [2.05, 4.69) is 43.7 Å². The summed E-state index contributed by atoms with van der Waals surface area (Å²) in [4.78, 5) is 10.7. The van der Waals surface area contributed by atoms with Gasteiger partial charge in [-0.25, -0.2) is 0 Å². The highest BCUT2D eigenvalue weighted by atomic mass is 79.9. The van der Waals surface area contributed by atoms with Gasteiger partial charge in [-0.1, -0.05) is 6.92 Å². The van der Waals surface area contributed by atoms with Crippen molar-refractivity contribution in [2.75, 3.05) is 6.54 Å². The molecule has 0 amide bonds. The van der Waals surface area contributed by atoms with Crippen LogP contribution in [0.15, 0.2) is 16.6 Å². The van der Waals surface area contributed by atoms with Gasteiger partial charge < -0.3 is 5.32 Å². The van der Waals surface area contributed by atoms with E-state index in [-0.39, 0.29) is 5.69 Å². The Hall–Kier alpha value is -1.87. The molecule has 0 aliphatic rings. The lowest BCUT2D eigenvalue weighted by atomic mass is 10.2. The Morgan fingerprint density at radius 2 is 2.24 bits per heavy atom. The molecule has 2 aromatic rings. The van der Waals surface area contributed by atoms with E-state index in [1.165, 1.54) is 10.7 Å². The first-order valence-electron chi connectivity index (χ1n) is 6.47. The molecule has 1 aromatic heterocycles. The third-order valence-electron chi connectivity index (χ3n) is 2.93. The molecule has 0 spiro atoms. The van der Waals surface area contributed by atoms with Gasteiger partial charge in [0.2, 0.25) is 0 Å². The number of nitrogens with zero attached hydrogens (tertiary/aromatic N) is 5. The first-order valence-corrected chi connectivity index (χ1v) is 7.26. The number of hydrogen-bond acceptors (Lipinski definition) is 6. The standard InChI is InChI=1S/C12H15BrN6O2/c1-3-4-14-7-12-15-16-17-18(12)11-6-10(19(20)21)8(2)5-9(11)13/h5-6,14H,3-4,7H2,1-2H3. The lowest BCUT2D eigenvalue weighted by Crippen LogP contribution is -2.18. The molecule has 21 heavy (non-hydrogen) atoms. The monoisotopic (exact) mass is 354 g/mol. The molecule has 112 valence electrons. The normalized spacial score (nSPS) is 10.8. The van der Waals surface area contributed by atoms with E-state index >= 15 is 0 Å². The van der Waals surface area contributed by atoms with E-state index in [9.17, 15) is 10.1 Å². The molecular formula is C12H15BrN6O2. The highest BCUT2D eigenvalue weighted by molar-refractivity contribution is 9.10. The molecule has 2 rings (SSSR count). The number of aromatic nitrogens is 4. The quantitative estimate of drug-likeness (QED) is 0.484. The van der Waals surface area contributed by atoms with Crippen LogP contribution in [0.2, 0.25) is 0 Å². The van der Waals surface area contributed by atoms with Crippen molar-refractivity contribution < 1.29 is 4.92 Å². The molecule has 0 unspecified atom stereocenters. The average molecular weight is 355 g/mol. The predicted octanol–water partition coefficient (Wildman–Crippen LogP) is 2.14. The Balaban J connectivity index is 2.40. The SMILES string of the molecule is CCCNCc1nnnn1-c1cc([N+](=O)[O-])c(C)cc1Br. The maximum Gasteiger partial charge on any atom is 0.274 e. The highest BCUT2D eigenvalue weighted by Gasteiger charge is 2.18. The van der Waals surface area contributed by atoms with Crippen LogP contribution in [0.3, 0.4) is 0 Å². The van der Waals surface area contributed by atoms with Crippen molar-refractivity contribution in [1.82, 2.24) is 25.5 Å². The van der Waals surface area contributed by atoms with Gasteiger partial charge in [-0.05, 0) is 52.3 Å². The van der Waals surface area contributed by atoms with Gasteiger partial charge in [0, 0.05) is 16.1 Å². The van der Waals surface area contributed by atoms with Gasteiger partial charge in [0.1, 0.15) is 0 Å². The van der Waals surface area contributed by atoms with Crippen LogP contribution in [0, 0.1) is 17.0 Å². The Bertz CT molecular complexity index is 657. The average Bonchev–Trinajstić information content (AvgIpc) is 2.87. The molecule has 1 N–H and O–H groups in total. The van der Waals surface area contributed by atoms with Crippen LogP contribution >= 0.6 is 15.9 Å². The van der Waals surface area contributed by atoms with Crippen LogP contribution in [0.25, 0.3) is 5.69 Å². The molecule has 0 saturated heterocycles. The van der Waals surface area contributed by atoms with Crippen LogP contribution in [0.5, 0.6) is 0 Å². The number of aryl methyl sites for hydroxylation is 1. The predicted molar refractivity (Wildman–Crippen MR) is 80.2 cm³/mol. The van der Waals surface area contributed by atoms with Crippen LogP contribution in [0.4, 0.5) is 5.69 Å². The van der Waals surface area contributed by atoms with Gasteiger partial charge in [-0.2, -0.15) is 4.68 Å². The van der Waals surface area contributed by atoms with Gasteiger partial charge in [-0.3, -0.25) is 10.1 Å². The summed E-state index contributed by atoms with van der Waals surface area (Å²) in [6.45, 7) is 5.10. The first-order chi connectivity index (χ1) is 10.0. The Labute approximate surface area is 129 Å². The summed E-state index contributed by atoms with van der Waals surface area (Å²) in [6.07, 6.45) is 1.00. The van der Waals surface area contributed by atoms with Crippen molar-refractivity contribution in [3.8, 4) is 5.69 Å². The second-order valence-electron chi connectivity index (χ2n) is 4.53. The zero-order valence-corrected chi connectivity index (χ0v) is 13.3. The Morgan fingerprint density at radius 3 is 2.90 bits per heavy atom. The number of nitrogens with one attached hydrogen (secondary N) is 1. The fraction of sp³-hybridized carbons (Fsp3) is 0.417.